The molecule has 166 valence electrons. The average molecular weight is 445 g/mol. The second-order valence-electron chi connectivity index (χ2n) is 8.27. The van der Waals surface area contributed by atoms with Crippen LogP contribution in [0.15, 0.2) is 30.5 Å². The number of carbonyl (C=O) groups excluding carboxylic acids is 1. The molecule has 2 aromatic heterocycles. The van der Waals surface area contributed by atoms with Gasteiger partial charge in [-0.25, -0.2) is 13.4 Å². The second kappa shape index (κ2) is 8.82. The summed E-state index contributed by atoms with van der Waals surface area (Å²) in [6.45, 7) is 3.37. The molecule has 1 amide bonds. The van der Waals surface area contributed by atoms with Gasteiger partial charge in [0.05, 0.1) is 22.4 Å². The Labute approximate surface area is 181 Å². The normalized spacial score (nSPS) is 18.0. The molecule has 1 atom stereocenters. The lowest BCUT2D eigenvalue weighted by Gasteiger charge is -2.11. The zero-order chi connectivity index (χ0) is 22.0. The Hall–Kier alpha value is -2.68. The standard InChI is InChI=1S/C22H28N4O4S/c1-2-20-24-18-14-26(28)19-8-4-3-7-17(19)22(18)25(20)11-6-5-10-23-21(27)13-16-9-12-31(29,30)15-16/h3-4,7-8,14,16H,2,5-6,9-13,15H2,1H3,(H,23,27). The predicted octanol–water partition coefficient (Wildman–Crippen LogP) is 2.11. The van der Waals surface area contributed by atoms with Crippen molar-refractivity contribution in [1.29, 1.82) is 0 Å². The van der Waals surface area contributed by atoms with E-state index in [4.69, 9.17) is 0 Å². The molecular weight excluding hydrogens is 416 g/mol. The van der Waals surface area contributed by atoms with Crippen LogP contribution in [0.3, 0.4) is 0 Å². The van der Waals surface area contributed by atoms with Crippen LogP contribution in [-0.2, 0) is 27.6 Å². The van der Waals surface area contributed by atoms with E-state index in [9.17, 15) is 18.4 Å². The fraction of sp³-hybridized carbons (Fsp3) is 0.500. The number of carbonyl (C=O) groups is 1. The maximum Gasteiger partial charge on any atom is 0.226 e. The van der Waals surface area contributed by atoms with Crippen LogP contribution in [0.1, 0.15) is 38.4 Å². The molecule has 1 fully saturated rings. The Bertz CT molecular complexity index is 1220. The average Bonchev–Trinajstić information content (AvgIpc) is 3.26. The first-order valence-electron chi connectivity index (χ1n) is 10.8. The third-order valence-corrected chi connectivity index (χ3v) is 7.79. The van der Waals surface area contributed by atoms with Crippen LogP contribution in [0.25, 0.3) is 21.9 Å². The highest BCUT2D eigenvalue weighted by Gasteiger charge is 2.29. The number of imidazole rings is 1. The van der Waals surface area contributed by atoms with Crippen molar-refractivity contribution in [3.8, 4) is 0 Å². The minimum Gasteiger partial charge on any atom is -0.618 e. The number of fused-ring (bicyclic) bond motifs is 3. The summed E-state index contributed by atoms with van der Waals surface area (Å²) in [5.41, 5.74) is 2.30. The largest absolute Gasteiger partial charge is 0.618 e. The third kappa shape index (κ3) is 4.66. The van der Waals surface area contributed by atoms with Gasteiger partial charge < -0.3 is 15.1 Å². The first-order valence-corrected chi connectivity index (χ1v) is 12.7. The summed E-state index contributed by atoms with van der Waals surface area (Å²) in [4.78, 5) is 16.8. The van der Waals surface area contributed by atoms with Crippen molar-refractivity contribution >= 4 is 37.7 Å². The molecular formula is C22H28N4O4S. The van der Waals surface area contributed by atoms with Crippen molar-refractivity contribution in [2.24, 2.45) is 5.92 Å². The van der Waals surface area contributed by atoms with E-state index >= 15 is 0 Å². The van der Waals surface area contributed by atoms with Crippen LogP contribution in [-0.4, -0.2) is 41.9 Å². The Morgan fingerprint density at radius 1 is 1.32 bits per heavy atom. The molecule has 1 N–H and O–H groups in total. The van der Waals surface area contributed by atoms with Gasteiger partial charge in [0.25, 0.3) is 0 Å². The Kier molecular flexibility index (Phi) is 6.13. The number of pyridine rings is 1. The number of para-hydroxylation sites is 1. The van der Waals surface area contributed by atoms with Gasteiger partial charge in [0.2, 0.25) is 17.6 Å². The zero-order valence-corrected chi connectivity index (χ0v) is 18.5. The number of benzene rings is 1. The number of sulfone groups is 1. The predicted molar refractivity (Wildman–Crippen MR) is 119 cm³/mol. The van der Waals surface area contributed by atoms with Gasteiger partial charge >= 0.3 is 0 Å². The van der Waals surface area contributed by atoms with Gasteiger partial charge in [-0.05, 0) is 31.2 Å². The lowest BCUT2D eigenvalue weighted by molar-refractivity contribution is -0.575. The maximum atomic E-state index is 12.3. The minimum absolute atomic E-state index is 0.0496. The Morgan fingerprint density at radius 2 is 2.13 bits per heavy atom. The molecule has 3 aromatic rings. The molecule has 8 nitrogen and oxygen atoms in total. The lowest BCUT2D eigenvalue weighted by Crippen LogP contribution is -2.27. The van der Waals surface area contributed by atoms with E-state index in [1.807, 2.05) is 24.3 Å². The summed E-state index contributed by atoms with van der Waals surface area (Å²) in [6.07, 6.45) is 4.84. The number of aromatic nitrogens is 3. The number of amides is 1. The first-order chi connectivity index (χ1) is 14.9. The van der Waals surface area contributed by atoms with Gasteiger partial charge in [-0.2, -0.15) is 4.73 Å². The van der Waals surface area contributed by atoms with Crippen LogP contribution >= 0.6 is 0 Å². The zero-order valence-electron chi connectivity index (χ0n) is 17.7. The second-order valence-corrected chi connectivity index (χ2v) is 10.5. The molecule has 0 saturated carbocycles. The van der Waals surface area contributed by atoms with Gasteiger partial charge in [-0.1, -0.05) is 19.1 Å². The van der Waals surface area contributed by atoms with E-state index in [2.05, 4.69) is 21.8 Å². The van der Waals surface area contributed by atoms with E-state index in [1.165, 1.54) is 6.20 Å². The number of hydrogen-bond donors (Lipinski definition) is 1. The monoisotopic (exact) mass is 444 g/mol. The van der Waals surface area contributed by atoms with Gasteiger partial charge in [-0.15, -0.1) is 0 Å². The van der Waals surface area contributed by atoms with Crippen LogP contribution in [0.4, 0.5) is 0 Å². The molecule has 0 bridgehead atoms. The summed E-state index contributed by atoms with van der Waals surface area (Å²) < 4.78 is 26.1. The van der Waals surface area contributed by atoms with Crippen molar-refractivity contribution in [2.75, 3.05) is 18.1 Å². The van der Waals surface area contributed by atoms with E-state index in [1.54, 1.807) is 0 Å². The molecule has 1 aliphatic heterocycles. The van der Waals surface area contributed by atoms with Crippen molar-refractivity contribution in [2.45, 2.75) is 45.6 Å². The molecule has 9 heteroatoms. The van der Waals surface area contributed by atoms with Crippen molar-refractivity contribution in [3.05, 3.63) is 41.5 Å². The van der Waals surface area contributed by atoms with Crippen molar-refractivity contribution < 1.29 is 17.9 Å². The molecule has 0 radical (unpaired) electrons. The van der Waals surface area contributed by atoms with Gasteiger partial charge in [0.15, 0.2) is 15.4 Å². The van der Waals surface area contributed by atoms with Crippen molar-refractivity contribution in [1.82, 2.24) is 14.9 Å². The van der Waals surface area contributed by atoms with Crippen LogP contribution < -0.4 is 10.0 Å². The molecule has 0 aliphatic carbocycles. The SMILES string of the molecule is CCc1nc2c[n+]([O-])c3ccccc3c2n1CCCCNC(=O)CC1CCS(=O)(=O)C1. The van der Waals surface area contributed by atoms with E-state index < -0.39 is 9.84 Å². The summed E-state index contributed by atoms with van der Waals surface area (Å²) in [5, 5.41) is 16.1. The van der Waals surface area contributed by atoms with Crippen LogP contribution in [0.5, 0.6) is 0 Å². The van der Waals surface area contributed by atoms with Gasteiger partial charge in [-0.3, -0.25) is 4.79 Å². The fourth-order valence-electron chi connectivity index (χ4n) is 4.44. The topological polar surface area (TPSA) is 108 Å². The van der Waals surface area contributed by atoms with Gasteiger partial charge in [0.1, 0.15) is 5.82 Å². The number of rotatable bonds is 8. The minimum atomic E-state index is -2.95. The molecule has 4 rings (SSSR count). The molecule has 1 aromatic carbocycles. The molecule has 1 aliphatic rings. The molecule has 3 heterocycles. The summed E-state index contributed by atoms with van der Waals surface area (Å²) in [7, 11) is -2.95. The summed E-state index contributed by atoms with van der Waals surface area (Å²) in [6, 6.07) is 7.55. The number of unbranched alkanes of at least 4 members (excludes halogenated alkanes) is 1. The summed E-state index contributed by atoms with van der Waals surface area (Å²) >= 11 is 0. The van der Waals surface area contributed by atoms with Crippen molar-refractivity contribution in [3.63, 3.8) is 0 Å². The highest BCUT2D eigenvalue weighted by atomic mass is 32.2. The highest BCUT2D eigenvalue weighted by Crippen LogP contribution is 2.25. The number of hydrogen-bond acceptors (Lipinski definition) is 5. The number of aryl methyl sites for hydroxylation is 2. The fourth-order valence-corrected chi connectivity index (χ4v) is 6.30. The first kappa shape index (κ1) is 21.5. The van der Waals surface area contributed by atoms with Gasteiger partial charge in [0, 0.05) is 32.0 Å². The Morgan fingerprint density at radius 3 is 2.87 bits per heavy atom. The maximum absolute atomic E-state index is 12.3. The van der Waals surface area contributed by atoms with E-state index in [0.29, 0.717) is 24.0 Å². The van der Waals surface area contributed by atoms with E-state index in [-0.39, 0.29) is 29.8 Å². The quantitative estimate of drug-likeness (QED) is 0.325. The third-order valence-electron chi connectivity index (χ3n) is 5.96. The highest BCUT2D eigenvalue weighted by molar-refractivity contribution is 7.91. The smallest absolute Gasteiger partial charge is 0.226 e. The molecule has 1 unspecified atom stereocenters. The Balaban J connectivity index is 1.37. The lowest BCUT2D eigenvalue weighted by atomic mass is 10.1. The molecule has 1 saturated heterocycles. The number of nitrogens with one attached hydrogen (secondary N) is 1. The van der Waals surface area contributed by atoms with Crippen LogP contribution in [0.2, 0.25) is 0 Å². The molecule has 31 heavy (non-hydrogen) atoms. The number of nitrogens with zero attached hydrogens (tertiary/aromatic N) is 3. The van der Waals surface area contributed by atoms with Crippen LogP contribution in [0, 0.1) is 11.1 Å². The van der Waals surface area contributed by atoms with E-state index in [0.717, 1.165) is 47.3 Å². The summed E-state index contributed by atoms with van der Waals surface area (Å²) in [5.74, 6) is 1.15. The molecule has 0 spiro atoms.